The highest BCUT2D eigenvalue weighted by molar-refractivity contribution is 6.16. The highest BCUT2D eigenvalue weighted by Crippen LogP contribution is 2.08. The first-order valence-corrected chi connectivity index (χ1v) is 5.26. The maximum atomic E-state index is 10.8. The van der Waals surface area contributed by atoms with E-state index in [-0.39, 0.29) is 23.6 Å². The zero-order valence-corrected chi connectivity index (χ0v) is 10.7. The average Bonchev–Trinajstić information content (AvgIpc) is 2.66. The topological polar surface area (TPSA) is 74.8 Å². The molecular weight excluding hydrogens is 236 g/mol. The molecular formula is C12H14N2O4. The number of hydrogen-bond acceptors (Lipinski definition) is 4. The minimum atomic E-state index is -0.225. The molecule has 18 heavy (non-hydrogen) atoms. The van der Waals surface area contributed by atoms with Crippen LogP contribution in [-0.4, -0.2) is 47.5 Å². The van der Waals surface area contributed by atoms with Crippen LogP contribution in [0.25, 0.3) is 0 Å². The number of rotatable bonds is 0. The van der Waals surface area contributed by atoms with Gasteiger partial charge in [0.25, 0.3) is 23.6 Å². The van der Waals surface area contributed by atoms with Gasteiger partial charge in [-0.3, -0.25) is 29.0 Å². The molecule has 0 saturated heterocycles. The molecule has 2 rings (SSSR count). The molecule has 4 amide bonds. The van der Waals surface area contributed by atoms with Gasteiger partial charge in [0.1, 0.15) is 0 Å². The predicted molar refractivity (Wildman–Crippen MR) is 63.1 cm³/mol. The van der Waals surface area contributed by atoms with Gasteiger partial charge in [0.2, 0.25) is 0 Å². The van der Waals surface area contributed by atoms with Crippen molar-refractivity contribution in [3.8, 4) is 0 Å². The van der Waals surface area contributed by atoms with Crippen LogP contribution in [0.2, 0.25) is 0 Å². The summed E-state index contributed by atoms with van der Waals surface area (Å²) in [6.45, 7) is 3.26. The molecule has 2 aliphatic heterocycles. The second-order valence-electron chi connectivity index (χ2n) is 4.06. The summed E-state index contributed by atoms with van der Waals surface area (Å²) in [5, 5.41) is 0. The Kier molecular flexibility index (Phi) is 3.80. The van der Waals surface area contributed by atoms with Crippen LogP contribution in [0.5, 0.6) is 0 Å². The van der Waals surface area contributed by atoms with Crippen molar-refractivity contribution in [1.29, 1.82) is 0 Å². The number of hydrogen-bond donors (Lipinski definition) is 0. The molecule has 0 unspecified atom stereocenters. The Labute approximate surface area is 105 Å². The van der Waals surface area contributed by atoms with Gasteiger partial charge in [-0.05, 0) is 13.8 Å². The van der Waals surface area contributed by atoms with E-state index in [2.05, 4.69) is 0 Å². The van der Waals surface area contributed by atoms with E-state index in [1.54, 1.807) is 13.8 Å². The van der Waals surface area contributed by atoms with Gasteiger partial charge in [0.05, 0.1) is 0 Å². The molecule has 0 aromatic heterocycles. The fourth-order valence-corrected chi connectivity index (χ4v) is 1.42. The van der Waals surface area contributed by atoms with E-state index in [1.165, 1.54) is 26.2 Å². The van der Waals surface area contributed by atoms with Crippen LogP contribution in [-0.2, 0) is 19.2 Å². The monoisotopic (exact) mass is 250 g/mol. The van der Waals surface area contributed by atoms with Crippen molar-refractivity contribution in [3.05, 3.63) is 23.3 Å². The van der Waals surface area contributed by atoms with Crippen LogP contribution in [0.15, 0.2) is 23.3 Å². The molecule has 0 aromatic carbocycles. The zero-order valence-electron chi connectivity index (χ0n) is 10.7. The highest BCUT2D eigenvalue weighted by atomic mass is 16.2. The Morgan fingerprint density at radius 2 is 1.00 bits per heavy atom. The van der Waals surface area contributed by atoms with Gasteiger partial charge < -0.3 is 0 Å². The SMILES string of the molecule is CC1=CC(=O)N(C)C1=O.CC1=CC(=O)N(C)C1=O. The fourth-order valence-electron chi connectivity index (χ4n) is 1.42. The van der Waals surface area contributed by atoms with Crippen molar-refractivity contribution >= 4 is 23.6 Å². The zero-order chi connectivity index (χ0) is 14.0. The third-order valence-corrected chi connectivity index (χ3v) is 2.63. The molecule has 0 aliphatic carbocycles. The molecule has 6 heteroatoms. The third-order valence-electron chi connectivity index (χ3n) is 2.63. The smallest absolute Gasteiger partial charge is 0.256 e. The lowest BCUT2D eigenvalue weighted by Crippen LogP contribution is -2.25. The molecule has 0 N–H and O–H groups in total. The lowest BCUT2D eigenvalue weighted by atomic mass is 10.3. The van der Waals surface area contributed by atoms with Gasteiger partial charge in [-0.1, -0.05) is 0 Å². The Balaban J connectivity index is 0.000000180. The number of nitrogens with zero attached hydrogens (tertiary/aromatic N) is 2. The van der Waals surface area contributed by atoms with Crippen LogP contribution in [0.4, 0.5) is 0 Å². The van der Waals surface area contributed by atoms with Crippen molar-refractivity contribution in [2.24, 2.45) is 0 Å². The normalized spacial score (nSPS) is 18.9. The summed E-state index contributed by atoms with van der Waals surface area (Å²) in [6, 6.07) is 0. The molecule has 96 valence electrons. The van der Waals surface area contributed by atoms with E-state index < -0.39 is 0 Å². The number of imide groups is 2. The minimum absolute atomic E-state index is 0.194. The van der Waals surface area contributed by atoms with Crippen molar-refractivity contribution in [3.63, 3.8) is 0 Å². The number of carbonyl (C=O) groups excluding carboxylic acids is 4. The van der Waals surface area contributed by atoms with E-state index in [9.17, 15) is 19.2 Å². The van der Waals surface area contributed by atoms with Gasteiger partial charge >= 0.3 is 0 Å². The van der Waals surface area contributed by atoms with Crippen molar-refractivity contribution in [2.75, 3.05) is 14.1 Å². The first kappa shape index (κ1) is 13.8. The van der Waals surface area contributed by atoms with Gasteiger partial charge in [-0.15, -0.1) is 0 Å². The van der Waals surface area contributed by atoms with Crippen LogP contribution in [0.3, 0.4) is 0 Å². The second-order valence-corrected chi connectivity index (χ2v) is 4.06. The summed E-state index contributed by atoms with van der Waals surface area (Å²) in [5.74, 6) is -0.838. The fraction of sp³-hybridized carbons (Fsp3) is 0.333. The Hall–Kier alpha value is -2.24. The lowest BCUT2D eigenvalue weighted by molar-refractivity contribution is -0.137. The molecule has 0 bridgehead atoms. The molecule has 0 saturated carbocycles. The summed E-state index contributed by atoms with van der Waals surface area (Å²) in [4.78, 5) is 44.9. The summed E-state index contributed by atoms with van der Waals surface area (Å²) < 4.78 is 0. The maximum Gasteiger partial charge on any atom is 0.256 e. The quantitative estimate of drug-likeness (QED) is 0.561. The van der Waals surface area contributed by atoms with E-state index in [1.807, 2.05) is 0 Å². The predicted octanol–water partition coefficient (Wildman–Crippen LogP) is -0.137. The van der Waals surface area contributed by atoms with E-state index >= 15 is 0 Å². The van der Waals surface area contributed by atoms with Gasteiger partial charge in [-0.2, -0.15) is 0 Å². The van der Waals surface area contributed by atoms with Crippen molar-refractivity contribution in [1.82, 2.24) is 9.80 Å². The van der Waals surface area contributed by atoms with Crippen molar-refractivity contribution < 1.29 is 19.2 Å². The number of amides is 4. The minimum Gasteiger partial charge on any atom is -0.278 e. The first-order valence-electron chi connectivity index (χ1n) is 5.26. The maximum absolute atomic E-state index is 10.8. The largest absolute Gasteiger partial charge is 0.278 e. The van der Waals surface area contributed by atoms with E-state index in [0.717, 1.165) is 9.80 Å². The average molecular weight is 250 g/mol. The molecule has 0 radical (unpaired) electrons. The Morgan fingerprint density at radius 1 is 0.722 bits per heavy atom. The van der Waals surface area contributed by atoms with E-state index in [4.69, 9.17) is 0 Å². The van der Waals surface area contributed by atoms with Crippen LogP contribution < -0.4 is 0 Å². The summed E-state index contributed by atoms with van der Waals surface area (Å²) >= 11 is 0. The lowest BCUT2D eigenvalue weighted by Gasteiger charge is -2.03. The molecule has 0 atom stereocenters. The Morgan fingerprint density at radius 3 is 1.06 bits per heavy atom. The highest BCUT2D eigenvalue weighted by Gasteiger charge is 2.24. The molecule has 6 nitrogen and oxygen atoms in total. The van der Waals surface area contributed by atoms with Crippen molar-refractivity contribution in [2.45, 2.75) is 13.8 Å². The standard InChI is InChI=1S/2C6H7NO2/c2*1-4-3-5(8)7(2)6(4)9/h2*3H,1-2H3. The third kappa shape index (κ3) is 2.53. The van der Waals surface area contributed by atoms with Crippen LogP contribution >= 0.6 is 0 Å². The number of carbonyl (C=O) groups is 4. The van der Waals surface area contributed by atoms with E-state index in [0.29, 0.717) is 11.1 Å². The summed E-state index contributed by atoms with van der Waals surface area (Å²) in [7, 11) is 2.94. The first-order chi connectivity index (χ1) is 8.25. The number of likely N-dealkylation sites (N-methyl/N-ethyl adjacent to an activating group) is 2. The molecule has 0 aromatic rings. The molecule has 0 fully saturated rings. The molecule has 2 heterocycles. The second kappa shape index (κ2) is 4.95. The van der Waals surface area contributed by atoms with Gasteiger partial charge in [0.15, 0.2) is 0 Å². The summed E-state index contributed by atoms with van der Waals surface area (Å²) in [6.07, 6.45) is 2.67. The van der Waals surface area contributed by atoms with Gasteiger partial charge in [0, 0.05) is 37.4 Å². The summed E-state index contributed by atoms with van der Waals surface area (Å²) in [5.41, 5.74) is 1.03. The Bertz CT molecular complexity index is 456. The van der Waals surface area contributed by atoms with Crippen LogP contribution in [0.1, 0.15) is 13.8 Å². The van der Waals surface area contributed by atoms with Crippen LogP contribution in [0, 0.1) is 0 Å². The van der Waals surface area contributed by atoms with Gasteiger partial charge in [-0.25, -0.2) is 0 Å². The molecule has 2 aliphatic rings. The molecule has 0 spiro atoms.